The quantitative estimate of drug-likeness (QED) is 0.463. The molecule has 1 heterocycles. The molecule has 9 heteroatoms. The van der Waals surface area contributed by atoms with Gasteiger partial charge in [0.25, 0.3) is 5.89 Å². The Kier molecular flexibility index (Phi) is 5.35. The largest absolute Gasteiger partial charge is 0.384 e. The van der Waals surface area contributed by atoms with E-state index in [1.165, 1.54) is 11.8 Å². The molecule has 0 saturated heterocycles. The summed E-state index contributed by atoms with van der Waals surface area (Å²) in [4.78, 5) is 4.22. The maximum Gasteiger partial charge on any atom is 0.322 e. The maximum atomic E-state index is 13.4. The van der Waals surface area contributed by atoms with Gasteiger partial charge in [0.05, 0.1) is 4.90 Å². The van der Waals surface area contributed by atoms with Crippen molar-refractivity contribution in [3.63, 3.8) is 0 Å². The maximum absolute atomic E-state index is 13.4. The van der Waals surface area contributed by atoms with Gasteiger partial charge in [0.15, 0.2) is 15.7 Å². The summed E-state index contributed by atoms with van der Waals surface area (Å²) >= 11 is 0. The van der Waals surface area contributed by atoms with Crippen LogP contribution < -0.4 is 5.32 Å². The summed E-state index contributed by atoms with van der Waals surface area (Å²) in [7, 11) is -3.22. The van der Waals surface area contributed by atoms with Crippen LogP contribution in [-0.2, 0) is 15.8 Å². The monoisotopic (exact) mass is 485 g/mol. The van der Waals surface area contributed by atoms with Gasteiger partial charge in [-0.15, -0.1) is 0 Å². The highest BCUT2D eigenvalue weighted by Gasteiger charge is 2.46. The highest BCUT2D eigenvalue weighted by Crippen LogP contribution is 2.57. The highest BCUT2D eigenvalue weighted by atomic mass is 32.2. The number of allylic oxidation sites excluding steroid dienone is 2. The molecule has 6 rings (SSSR count). The second-order valence-electron chi connectivity index (χ2n) is 9.48. The van der Waals surface area contributed by atoms with E-state index < -0.39 is 21.7 Å². The Bertz CT molecular complexity index is 1360. The Morgan fingerprint density at radius 2 is 1.85 bits per heavy atom. The molecule has 3 aliphatic carbocycles. The zero-order valence-corrected chi connectivity index (χ0v) is 19.8. The molecule has 6 nitrogen and oxygen atoms in total. The van der Waals surface area contributed by atoms with E-state index >= 15 is 0 Å². The van der Waals surface area contributed by atoms with Crippen LogP contribution >= 0.6 is 0 Å². The summed E-state index contributed by atoms with van der Waals surface area (Å²) < 4.78 is 55.0. The first kappa shape index (κ1) is 22.7. The Hall–Kier alpha value is -3.07. The molecule has 0 atom stereocenters. The van der Waals surface area contributed by atoms with Crippen LogP contribution in [0.2, 0.25) is 0 Å². The number of alkyl halides is 2. The van der Waals surface area contributed by atoms with Crippen LogP contribution in [0.5, 0.6) is 0 Å². The normalized spacial score (nSPS) is 17.4. The Labute approximate surface area is 197 Å². The van der Waals surface area contributed by atoms with Gasteiger partial charge >= 0.3 is 5.92 Å². The van der Waals surface area contributed by atoms with Crippen molar-refractivity contribution in [3.8, 4) is 11.1 Å². The number of benzene rings is 2. The number of aromatic nitrogens is 2. The molecule has 1 saturated carbocycles. The van der Waals surface area contributed by atoms with Crippen LogP contribution in [0.15, 0.2) is 63.5 Å². The van der Waals surface area contributed by atoms with Gasteiger partial charge < -0.3 is 9.84 Å². The van der Waals surface area contributed by atoms with E-state index in [9.17, 15) is 17.2 Å². The third kappa shape index (κ3) is 4.36. The molecule has 1 fully saturated rings. The number of sulfone groups is 1. The lowest BCUT2D eigenvalue weighted by atomic mass is 9.57. The number of hydrogen-bond donors (Lipinski definition) is 1. The second-order valence-corrected chi connectivity index (χ2v) is 11.5. The molecule has 3 aromatic rings. The van der Waals surface area contributed by atoms with E-state index in [4.69, 9.17) is 4.52 Å². The van der Waals surface area contributed by atoms with E-state index in [1.54, 1.807) is 12.1 Å². The molecule has 0 amide bonds. The molecule has 178 valence electrons. The van der Waals surface area contributed by atoms with Gasteiger partial charge in [-0.2, -0.15) is 13.8 Å². The van der Waals surface area contributed by atoms with Crippen LogP contribution in [0.3, 0.4) is 0 Å². The third-order valence-corrected chi connectivity index (χ3v) is 7.85. The van der Waals surface area contributed by atoms with Crippen molar-refractivity contribution in [1.29, 1.82) is 0 Å². The van der Waals surface area contributed by atoms with E-state index in [0.717, 1.165) is 61.5 Å². The first-order valence-electron chi connectivity index (χ1n) is 11.1. The number of nitrogens with one attached hydrogen (secondary N) is 1. The molecule has 1 aromatic heterocycles. The lowest BCUT2D eigenvalue weighted by Gasteiger charge is -2.49. The lowest BCUT2D eigenvalue weighted by molar-refractivity contribution is -0.0158. The molecule has 0 radical (unpaired) electrons. The van der Waals surface area contributed by atoms with Crippen molar-refractivity contribution in [1.82, 2.24) is 10.1 Å². The van der Waals surface area contributed by atoms with Gasteiger partial charge in [0, 0.05) is 25.4 Å². The molecule has 2 aromatic carbocycles. The minimum Gasteiger partial charge on any atom is -0.384 e. The average Bonchev–Trinajstić information content (AvgIpc) is 3.28. The van der Waals surface area contributed by atoms with Crippen molar-refractivity contribution in [2.24, 2.45) is 5.41 Å². The standard InChI is InChI=1S/C25H25F2N3O3S/c1-24(26,27)23-29-22(30-33-23)21-10-11-25(13-18(21)14-25)15-28-19-5-3-4-17(12-19)16-6-8-20(9-7-16)34(2,31)32/h3-9,12,28H,10-11,13-15H2,1-2H3. The third-order valence-electron chi connectivity index (χ3n) is 6.73. The van der Waals surface area contributed by atoms with Gasteiger partial charge in [0.1, 0.15) is 0 Å². The molecule has 34 heavy (non-hydrogen) atoms. The second kappa shape index (κ2) is 8.01. The SMILES string of the molecule is CC(F)(F)c1nc(C2=C3CC(CNc4cccc(-c5ccc(S(C)(=O)=O)cc5)c4)(CC2)C3)no1. The number of nitrogens with zero attached hydrogens (tertiary/aromatic N) is 2. The molecule has 0 spiro atoms. The fourth-order valence-corrected chi connectivity index (χ4v) is 5.44. The van der Waals surface area contributed by atoms with E-state index in [1.807, 2.05) is 30.3 Å². The summed E-state index contributed by atoms with van der Waals surface area (Å²) in [6.07, 6.45) is 4.67. The Morgan fingerprint density at radius 1 is 1.12 bits per heavy atom. The predicted molar refractivity (Wildman–Crippen MR) is 125 cm³/mol. The summed E-state index contributed by atoms with van der Waals surface area (Å²) in [6, 6.07) is 14.9. The van der Waals surface area contributed by atoms with Crippen molar-refractivity contribution >= 4 is 21.1 Å². The van der Waals surface area contributed by atoms with Crippen LogP contribution in [0, 0.1) is 5.41 Å². The minimum absolute atomic E-state index is 0.146. The van der Waals surface area contributed by atoms with Crippen LogP contribution in [0.4, 0.5) is 14.5 Å². The zero-order chi connectivity index (χ0) is 24.1. The first-order chi connectivity index (χ1) is 16.0. The first-order valence-corrected chi connectivity index (χ1v) is 13.0. The van der Waals surface area contributed by atoms with Crippen LogP contribution in [0.1, 0.15) is 44.3 Å². The number of fused-ring (bicyclic) bond motifs is 2. The van der Waals surface area contributed by atoms with Crippen molar-refractivity contribution in [3.05, 3.63) is 65.8 Å². The van der Waals surface area contributed by atoms with Gasteiger partial charge in [0.2, 0.25) is 0 Å². The molecule has 1 N–H and O–H groups in total. The minimum atomic E-state index is -3.22. The van der Waals surface area contributed by atoms with E-state index in [-0.39, 0.29) is 5.41 Å². The fraction of sp³-hybridized carbons (Fsp3) is 0.360. The lowest BCUT2D eigenvalue weighted by Crippen LogP contribution is -2.41. The van der Waals surface area contributed by atoms with Crippen molar-refractivity contribution in [2.45, 2.75) is 43.4 Å². The zero-order valence-electron chi connectivity index (χ0n) is 18.9. The topological polar surface area (TPSA) is 85.1 Å². The Morgan fingerprint density at radius 3 is 2.44 bits per heavy atom. The summed E-state index contributed by atoms with van der Waals surface area (Å²) in [5.74, 6) is -3.48. The van der Waals surface area contributed by atoms with Gasteiger partial charge in [-0.3, -0.25) is 0 Å². The summed E-state index contributed by atoms with van der Waals surface area (Å²) in [5, 5.41) is 7.33. The molecule has 3 aliphatic rings. The highest BCUT2D eigenvalue weighted by molar-refractivity contribution is 7.90. The van der Waals surface area contributed by atoms with Crippen LogP contribution in [0.25, 0.3) is 16.7 Å². The molecular formula is C25H25F2N3O3S. The predicted octanol–water partition coefficient (Wildman–Crippen LogP) is 5.69. The van der Waals surface area contributed by atoms with Crippen molar-refractivity contribution in [2.75, 3.05) is 18.1 Å². The molecule has 2 bridgehead atoms. The van der Waals surface area contributed by atoms with E-state index in [2.05, 4.69) is 21.5 Å². The molecule has 0 unspecified atom stereocenters. The van der Waals surface area contributed by atoms with Gasteiger partial charge in [-0.25, -0.2) is 8.42 Å². The Balaban J connectivity index is 1.25. The fourth-order valence-electron chi connectivity index (χ4n) is 4.81. The van der Waals surface area contributed by atoms with Gasteiger partial charge in [-0.1, -0.05) is 35.0 Å². The van der Waals surface area contributed by atoms with Crippen molar-refractivity contribution < 1.29 is 21.7 Å². The molecular weight excluding hydrogens is 460 g/mol. The smallest absolute Gasteiger partial charge is 0.322 e. The number of anilines is 1. The average molecular weight is 486 g/mol. The summed E-state index contributed by atoms with van der Waals surface area (Å²) in [5.41, 5.74) is 5.26. The number of hydrogen-bond acceptors (Lipinski definition) is 6. The van der Waals surface area contributed by atoms with E-state index in [0.29, 0.717) is 10.7 Å². The summed E-state index contributed by atoms with van der Waals surface area (Å²) in [6.45, 7) is 1.56. The molecule has 0 aliphatic heterocycles. The van der Waals surface area contributed by atoms with Gasteiger partial charge in [-0.05, 0) is 72.1 Å². The number of rotatable bonds is 7. The number of halogens is 2. The van der Waals surface area contributed by atoms with Crippen LogP contribution in [-0.4, -0.2) is 31.4 Å².